The van der Waals surface area contributed by atoms with Gasteiger partial charge in [-0.1, -0.05) is 211 Å². The highest BCUT2D eigenvalue weighted by Gasteiger charge is 2.24. The summed E-state index contributed by atoms with van der Waals surface area (Å²) < 4.78 is 5.87. The fraction of sp³-hybridized carbons (Fsp3) is 0.804. The second kappa shape index (κ2) is 44.9. The van der Waals surface area contributed by atoms with E-state index in [-0.39, 0.29) is 24.9 Å². The van der Waals surface area contributed by atoms with Crippen LogP contribution in [0.2, 0.25) is 0 Å². The summed E-state index contributed by atoms with van der Waals surface area (Å²) >= 11 is 0. The highest BCUT2D eigenvalue weighted by Crippen LogP contribution is 2.17. The number of ether oxygens (including phenoxy) is 1. The van der Waals surface area contributed by atoms with E-state index >= 15 is 0 Å². The monoisotopic (exact) mass is 800 g/mol. The third kappa shape index (κ3) is 40.4. The molecule has 0 rings (SSSR count). The van der Waals surface area contributed by atoms with E-state index in [4.69, 9.17) is 4.74 Å². The van der Waals surface area contributed by atoms with Crippen molar-refractivity contribution in [2.75, 3.05) is 6.61 Å². The van der Waals surface area contributed by atoms with Crippen LogP contribution in [0.3, 0.4) is 0 Å². The Kier molecular flexibility index (Phi) is 43.2. The van der Waals surface area contributed by atoms with Gasteiger partial charge in [-0.05, 0) is 64.2 Å². The standard InChI is InChI=1S/C51H93NO5/c1-4-7-10-13-16-19-21-23-24-25-26-28-30-32-35-38-41-44-51(56)57-47(42-39-36-33-18-15-12-9-6-3)45-50(55)52-48(46-53)49(54)43-40-37-34-31-29-27-22-20-17-14-11-8-5-2/h16,19,23-24,26,28,32,35,47-49,53-54H,4-15,17-18,20-22,25,27,29-31,33-34,36-46H2,1-3H3,(H,52,55)/b19-16-,24-23-,28-26-,35-32-. The van der Waals surface area contributed by atoms with Crippen molar-refractivity contribution in [2.45, 2.75) is 257 Å². The molecule has 3 atom stereocenters. The number of hydrogen-bond acceptors (Lipinski definition) is 5. The van der Waals surface area contributed by atoms with Crippen LogP contribution in [-0.2, 0) is 14.3 Å². The molecule has 0 spiro atoms. The van der Waals surface area contributed by atoms with Crippen LogP contribution in [0.25, 0.3) is 0 Å². The van der Waals surface area contributed by atoms with Crippen molar-refractivity contribution in [1.82, 2.24) is 5.32 Å². The van der Waals surface area contributed by atoms with Gasteiger partial charge >= 0.3 is 5.97 Å². The molecule has 0 aliphatic carbocycles. The van der Waals surface area contributed by atoms with Crippen LogP contribution < -0.4 is 5.32 Å². The first-order chi connectivity index (χ1) is 28.0. The molecule has 0 aliphatic rings. The third-order valence-corrected chi connectivity index (χ3v) is 10.9. The molecule has 57 heavy (non-hydrogen) atoms. The summed E-state index contributed by atoms with van der Waals surface area (Å²) in [5, 5.41) is 23.6. The Morgan fingerprint density at radius 1 is 0.509 bits per heavy atom. The summed E-state index contributed by atoms with van der Waals surface area (Å²) in [7, 11) is 0. The topological polar surface area (TPSA) is 95.9 Å². The van der Waals surface area contributed by atoms with Crippen molar-refractivity contribution >= 4 is 11.9 Å². The highest BCUT2D eigenvalue weighted by atomic mass is 16.5. The summed E-state index contributed by atoms with van der Waals surface area (Å²) in [6.07, 6.45) is 53.2. The Morgan fingerprint density at radius 2 is 0.895 bits per heavy atom. The Labute approximate surface area is 353 Å². The zero-order valence-corrected chi connectivity index (χ0v) is 37.7. The number of aliphatic hydroxyl groups excluding tert-OH is 2. The van der Waals surface area contributed by atoms with E-state index in [1.54, 1.807) is 0 Å². The number of unbranched alkanes of at least 4 members (excludes halogenated alkanes) is 23. The number of aliphatic hydroxyl groups is 2. The first kappa shape index (κ1) is 54.8. The minimum atomic E-state index is -0.793. The predicted molar refractivity (Wildman–Crippen MR) is 245 cm³/mol. The Balaban J connectivity index is 4.53. The lowest BCUT2D eigenvalue weighted by Gasteiger charge is -2.24. The van der Waals surface area contributed by atoms with Crippen LogP contribution in [0.15, 0.2) is 48.6 Å². The van der Waals surface area contributed by atoms with Crippen LogP contribution in [0.1, 0.15) is 239 Å². The SMILES string of the molecule is CCCCC/C=C\C/C=C\C/C=C\C/C=C\CCCC(=O)OC(CCCCCCCCCC)CC(=O)NC(CO)C(O)CCCCCCCCCCCCCCC. The maximum absolute atomic E-state index is 13.1. The lowest BCUT2D eigenvalue weighted by atomic mass is 10.0. The maximum atomic E-state index is 13.1. The number of hydrogen-bond donors (Lipinski definition) is 3. The minimum absolute atomic E-state index is 0.0569. The first-order valence-electron chi connectivity index (χ1n) is 24.4. The summed E-state index contributed by atoms with van der Waals surface area (Å²) in [6.45, 7) is 6.41. The summed E-state index contributed by atoms with van der Waals surface area (Å²) in [4.78, 5) is 26.0. The fourth-order valence-corrected chi connectivity index (χ4v) is 7.19. The average Bonchev–Trinajstić information content (AvgIpc) is 3.20. The van der Waals surface area contributed by atoms with Gasteiger partial charge in [0.2, 0.25) is 5.91 Å². The van der Waals surface area contributed by atoms with Gasteiger partial charge in [0, 0.05) is 6.42 Å². The van der Waals surface area contributed by atoms with Crippen LogP contribution in [0.4, 0.5) is 0 Å². The van der Waals surface area contributed by atoms with E-state index in [0.717, 1.165) is 64.2 Å². The van der Waals surface area contributed by atoms with Gasteiger partial charge in [0.1, 0.15) is 6.10 Å². The second-order valence-corrected chi connectivity index (χ2v) is 16.5. The third-order valence-electron chi connectivity index (χ3n) is 10.9. The molecular weight excluding hydrogens is 707 g/mol. The lowest BCUT2D eigenvalue weighted by molar-refractivity contribution is -0.151. The van der Waals surface area contributed by atoms with E-state index in [1.165, 1.54) is 122 Å². The Hall–Kier alpha value is -2.18. The molecule has 6 nitrogen and oxygen atoms in total. The molecule has 0 heterocycles. The zero-order chi connectivity index (χ0) is 41.7. The molecule has 0 aromatic heterocycles. The molecule has 3 N–H and O–H groups in total. The van der Waals surface area contributed by atoms with E-state index in [0.29, 0.717) is 25.7 Å². The van der Waals surface area contributed by atoms with E-state index in [9.17, 15) is 19.8 Å². The van der Waals surface area contributed by atoms with Crippen LogP contribution in [0, 0.1) is 0 Å². The van der Waals surface area contributed by atoms with Gasteiger partial charge in [-0.3, -0.25) is 9.59 Å². The van der Waals surface area contributed by atoms with E-state index in [2.05, 4.69) is 74.7 Å². The minimum Gasteiger partial charge on any atom is -0.462 e. The normalized spacial score (nSPS) is 13.7. The molecule has 0 saturated carbocycles. The molecule has 0 saturated heterocycles. The number of allylic oxidation sites excluding steroid dienone is 8. The molecule has 1 amide bonds. The number of nitrogens with one attached hydrogen (secondary N) is 1. The smallest absolute Gasteiger partial charge is 0.306 e. The van der Waals surface area contributed by atoms with E-state index in [1.807, 2.05) is 0 Å². The summed E-state index contributed by atoms with van der Waals surface area (Å²) in [5.41, 5.74) is 0. The fourth-order valence-electron chi connectivity index (χ4n) is 7.19. The van der Waals surface area contributed by atoms with Crippen LogP contribution in [0.5, 0.6) is 0 Å². The van der Waals surface area contributed by atoms with Crippen molar-refractivity contribution < 1.29 is 24.5 Å². The number of rotatable bonds is 43. The molecule has 0 aromatic carbocycles. The van der Waals surface area contributed by atoms with Gasteiger partial charge in [-0.25, -0.2) is 0 Å². The van der Waals surface area contributed by atoms with Crippen molar-refractivity contribution in [3.8, 4) is 0 Å². The van der Waals surface area contributed by atoms with Gasteiger partial charge in [-0.15, -0.1) is 0 Å². The Morgan fingerprint density at radius 3 is 1.35 bits per heavy atom. The molecule has 6 heteroatoms. The number of carbonyl (C=O) groups excluding carboxylic acids is 2. The largest absolute Gasteiger partial charge is 0.462 e. The molecule has 0 aromatic rings. The van der Waals surface area contributed by atoms with Crippen molar-refractivity contribution in [2.24, 2.45) is 0 Å². The quantitative estimate of drug-likeness (QED) is 0.0324. The highest BCUT2D eigenvalue weighted by molar-refractivity contribution is 5.77. The summed E-state index contributed by atoms with van der Waals surface area (Å²) in [5.74, 6) is -0.540. The van der Waals surface area contributed by atoms with Crippen molar-refractivity contribution in [3.05, 3.63) is 48.6 Å². The van der Waals surface area contributed by atoms with Crippen LogP contribution in [-0.4, -0.2) is 46.9 Å². The number of esters is 1. The maximum Gasteiger partial charge on any atom is 0.306 e. The van der Waals surface area contributed by atoms with Crippen molar-refractivity contribution in [1.29, 1.82) is 0 Å². The lowest BCUT2D eigenvalue weighted by Crippen LogP contribution is -2.46. The molecule has 0 aliphatic heterocycles. The molecule has 0 fully saturated rings. The van der Waals surface area contributed by atoms with Gasteiger partial charge in [-0.2, -0.15) is 0 Å². The molecular formula is C51H93NO5. The number of carbonyl (C=O) groups is 2. The molecule has 0 bridgehead atoms. The predicted octanol–water partition coefficient (Wildman–Crippen LogP) is 14.3. The number of amides is 1. The first-order valence-corrected chi connectivity index (χ1v) is 24.4. The molecule has 3 unspecified atom stereocenters. The van der Waals surface area contributed by atoms with Gasteiger partial charge in [0.15, 0.2) is 0 Å². The molecule has 332 valence electrons. The molecule has 0 radical (unpaired) electrons. The van der Waals surface area contributed by atoms with Gasteiger partial charge in [0.25, 0.3) is 0 Å². The van der Waals surface area contributed by atoms with Gasteiger partial charge < -0.3 is 20.3 Å². The second-order valence-electron chi connectivity index (χ2n) is 16.5. The summed E-state index contributed by atoms with van der Waals surface area (Å²) in [6, 6.07) is -0.709. The van der Waals surface area contributed by atoms with Gasteiger partial charge in [0.05, 0.1) is 25.2 Å². The van der Waals surface area contributed by atoms with Crippen LogP contribution >= 0.6 is 0 Å². The average molecular weight is 800 g/mol. The zero-order valence-electron chi connectivity index (χ0n) is 37.7. The van der Waals surface area contributed by atoms with E-state index < -0.39 is 18.2 Å². The van der Waals surface area contributed by atoms with Crippen molar-refractivity contribution in [3.63, 3.8) is 0 Å². The Bertz CT molecular complexity index is 988.